The van der Waals surface area contributed by atoms with Gasteiger partial charge < -0.3 is 14.2 Å². The van der Waals surface area contributed by atoms with Crippen molar-refractivity contribution in [1.82, 2.24) is 4.57 Å². The van der Waals surface area contributed by atoms with Crippen molar-refractivity contribution in [3.8, 4) is 11.5 Å². The molecular formula is C32H27BrCl2N2O5S. The molecule has 5 rings (SSSR count). The molecule has 1 atom stereocenters. The van der Waals surface area contributed by atoms with Gasteiger partial charge in [-0.3, -0.25) is 9.36 Å². The van der Waals surface area contributed by atoms with Crippen molar-refractivity contribution in [2.75, 3.05) is 7.11 Å². The topological polar surface area (TPSA) is 79.1 Å². The van der Waals surface area contributed by atoms with Crippen molar-refractivity contribution in [1.29, 1.82) is 0 Å². The van der Waals surface area contributed by atoms with Crippen LogP contribution in [-0.4, -0.2) is 23.8 Å². The van der Waals surface area contributed by atoms with Crippen LogP contribution in [0.2, 0.25) is 10.0 Å². The first-order chi connectivity index (χ1) is 20.6. The van der Waals surface area contributed by atoms with Crippen LogP contribution >= 0.6 is 50.5 Å². The molecule has 0 fully saturated rings. The third kappa shape index (κ3) is 6.60. The lowest BCUT2D eigenvalue weighted by Crippen LogP contribution is -2.40. The van der Waals surface area contributed by atoms with E-state index in [4.69, 9.17) is 37.4 Å². The van der Waals surface area contributed by atoms with Gasteiger partial charge >= 0.3 is 5.97 Å². The average Bonchev–Trinajstić information content (AvgIpc) is 3.26. The van der Waals surface area contributed by atoms with Crippen molar-refractivity contribution in [3.05, 3.63) is 123 Å². The van der Waals surface area contributed by atoms with Crippen molar-refractivity contribution in [3.63, 3.8) is 0 Å². The van der Waals surface area contributed by atoms with Crippen molar-refractivity contribution >= 4 is 62.5 Å². The third-order valence-electron chi connectivity index (χ3n) is 6.67. The number of carbonyl (C=O) groups excluding carboxylic acids is 1. The van der Waals surface area contributed by atoms with Gasteiger partial charge in [0.25, 0.3) is 5.56 Å². The minimum Gasteiger partial charge on any atom is -0.496 e. The summed E-state index contributed by atoms with van der Waals surface area (Å²) >= 11 is 17.4. The van der Waals surface area contributed by atoms with Crippen molar-refractivity contribution in [2.24, 2.45) is 4.99 Å². The van der Waals surface area contributed by atoms with E-state index in [2.05, 4.69) is 20.9 Å². The van der Waals surface area contributed by atoms with E-state index in [9.17, 15) is 9.59 Å². The number of methoxy groups -OCH3 is 1. The molecule has 4 aromatic rings. The Kier molecular flexibility index (Phi) is 9.46. The first-order valence-corrected chi connectivity index (χ1v) is 15.7. The Morgan fingerprint density at radius 3 is 2.58 bits per heavy atom. The highest BCUT2D eigenvalue weighted by Crippen LogP contribution is 2.37. The standard InChI is InChI=1S/C32H27BrCl2N2O5S/c1-17(2)42-31(39)28-18(3)36-32-37(29(28)23-15-21(33)9-11-26(23)40-4)30(38)27(43-32)14-20-13-22(34)10-12-25(20)41-16-19-7-5-6-8-24(19)35/h5-15,17,29H,16H2,1-4H3/b27-14-/t29-/m1/s1. The van der Waals surface area contributed by atoms with Gasteiger partial charge in [0, 0.05) is 31.2 Å². The molecule has 0 radical (unpaired) electrons. The molecule has 222 valence electrons. The fraction of sp³-hybridized carbons (Fsp3) is 0.219. The Labute approximate surface area is 270 Å². The summed E-state index contributed by atoms with van der Waals surface area (Å²) in [4.78, 5) is 32.7. The minimum atomic E-state index is -0.840. The monoisotopic (exact) mass is 700 g/mol. The number of rotatable bonds is 8. The zero-order valence-electron chi connectivity index (χ0n) is 23.7. The number of thiazole rings is 1. The van der Waals surface area contributed by atoms with Crippen LogP contribution in [0, 0.1) is 0 Å². The summed E-state index contributed by atoms with van der Waals surface area (Å²) in [5.41, 5.74) is 2.42. The van der Waals surface area contributed by atoms with Crippen LogP contribution in [0.25, 0.3) is 6.08 Å². The van der Waals surface area contributed by atoms with Crippen LogP contribution < -0.4 is 24.4 Å². The largest absolute Gasteiger partial charge is 0.496 e. The Morgan fingerprint density at radius 2 is 1.86 bits per heavy atom. The maximum absolute atomic E-state index is 14.2. The summed E-state index contributed by atoms with van der Waals surface area (Å²) in [6, 6.07) is 17.2. The van der Waals surface area contributed by atoms with Gasteiger partial charge in [-0.2, -0.15) is 0 Å². The van der Waals surface area contributed by atoms with Crippen molar-refractivity contribution < 1.29 is 19.0 Å². The summed E-state index contributed by atoms with van der Waals surface area (Å²) < 4.78 is 20.0. The number of nitrogens with zero attached hydrogens (tertiary/aromatic N) is 2. The highest BCUT2D eigenvalue weighted by atomic mass is 79.9. The van der Waals surface area contributed by atoms with E-state index in [0.717, 1.165) is 10.0 Å². The molecule has 0 N–H and O–H groups in total. The number of aromatic nitrogens is 1. The lowest BCUT2D eigenvalue weighted by atomic mass is 9.95. The van der Waals surface area contributed by atoms with Gasteiger partial charge in [-0.15, -0.1) is 0 Å². The Bertz CT molecular complexity index is 1930. The highest BCUT2D eigenvalue weighted by Gasteiger charge is 2.35. The van der Waals surface area contributed by atoms with E-state index in [1.807, 2.05) is 30.3 Å². The molecule has 7 nitrogen and oxygen atoms in total. The summed E-state index contributed by atoms with van der Waals surface area (Å²) in [5.74, 6) is 0.484. The molecule has 0 spiro atoms. The van der Waals surface area contributed by atoms with Gasteiger partial charge in [0.1, 0.15) is 24.1 Å². The fourth-order valence-electron chi connectivity index (χ4n) is 4.75. The summed E-state index contributed by atoms with van der Waals surface area (Å²) in [5, 5.41) is 1.08. The molecule has 0 saturated heterocycles. The number of hydrogen-bond acceptors (Lipinski definition) is 7. The van der Waals surface area contributed by atoms with Gasteiger partial charge in [-0.1, -0.05) is 68.7 Å². The van der Waals surface area contributed by atoms with Crippen LogP contribution in [0.3, 0.4) is 0 Å². The van der Waals surface area contributed by atoms with Gasteiger partial charge in [0.15, 0.2) is 4.80 Å². The molecule has 1 aliphatic rings. The van der Waals surface area contributed by atoms with Crippen LogP contribution in [0.1, 0.15) is 43.5 Å². The first kappa shape index (κ1) is 31.1. The van der Waals surface area contributed by atoms with Crippen LogP contribution in [0.4, 0.5) is 0 Å². The molecule has 0 saturated carbocycles. The maximum Gasteiger partial charge on any atom is 0.338 e. The Morgan fingerprint density at radius 1 is 1.12 bits per heavy atom. The Balaban J connectivity index is 1.67. The number of halogens is 3. The maximum atomic E-state index is 14.2. The van der Waals surface area contributed by atoms with E-state index in [1.165, 1.54) is 15.9 Å². The van der Waals surface area contributed by atoms with Crippen LogP contribution in [0.15, 0.2) is 86.2 Å². The molecule has 0 bridgehead atoms. The summed E-state index contributed by atoms with van der Waals surface area (Å²) in [7, 11) is 1.54. The number of carbonyl (C=O) groups is 1. The number of ether oxygens (including phenoxy) is 3. The van der Waals surface area contributed by atoms with E-state index < -0.39 is 12.0 Å². The van der Waals surface area contributed by atoms with E-state index >= 15 is 0 Å². The number of hydrogen-bond donors (Lipinski definition) is 0. The number of allylic oxidation sites excluding steroid dienone is 1. The average molecular weight is 702 g/mol. The normalized spacial score (nSPS) is 14.9. The smallest absolute Gasteiger partial charge is 0.338 e. The SMILES string of the molecule is COc1ccc(Br)cc1[C@@H]1C(C(=O)OC(C)C)=C(C)N=c2s/c(=C\c3cc(Cl)ccc3OCc3ccccc3Cl)c(=O)n21. The van der Waals surface area contributed by atoms with Gasteiger partial charge in [0.05, 0.1) is 29.0 Å². The van der Waals surface area contributed by atoms with Crippen LogP contribution in [-0.2, 0) is 16.1 Å². The van der Waals surface area contributed by atoms with Crippen molar-refractivity contribution in [2.45, 2.75) is 39.5 Å². The second-order valence-electron chi connectivity index (χ2n) is 9.98. The predicted molar refractivity (Wildman–Crippen MR) is 173 cm³/mol. The third-order valence-corrected chi connectivity index (χ3v) is 8.75. The first-order valence-electron chi connectivity index (χ1n) is 13.3. The quantitative estimate of drug-likeness (QED) is 0.188. The number of esters is 1. The van der Waals surface area contributed by atoms with E-state index in [1.54, 1.807) is 64.3 Å². The lowest BCUT2D eigenvalue weighted by Gasteiger charge is -2.26. The minimum absolute atomic E-state index is 0.229. The molecule has 3 aromatic carbocycles. The molecule has 1 aromatic heterocycles. The summed E-state index contributed by atoms with van der Waals surface area (Å²) in [6.07, 6.45) is 1.35. The zero-order chi connectivity index (χ0) is 30.8. The molecule has 0 unspecified atom stereocenters. The number of benzene rings is 3. The highest BCUT2D eigenvalue weighted by molar-refractivity contribution is 9.10. The molecule has 1 aliphatic heterocycles. The molecule has 43 heavy (non-hydrogen) atoms. The fourth-order valence-corrected chi connectivity index (χ4v) is 6.54. The molecule has 0 aliphatic carbocycles. The predicted octanol–water partition coefficient (Wildman–Crippen LogP) is 6.84. The van der Waals surface area contributed by atoms with E-state index in [-0.39, 0.29) is 23.8 Å². The summed E-state index contributed by atoms with van der Waals surface area (Å²) in [6.45, 7) is 5.51. The van der Waals surface area contributed by atoms with Gasteiger partial charge in [-0.05, 0) is 69.3 Å². The zero-order valence-corrected chi connectivity index (χ0v) is 27.6. The molecule has 11 heteroatoms. The number of fused-ring (bicyclic) bond motifs is 1. The van der Waals surface area contributed by atoms with Crippen LogP contribution in [0.5, 0.6) is 11.5 Å². The lowest BCUT2D eigenvalue weighted by molar-refractivity contribution is -0.143. The van der Waals surface area contributed by atoms with Gasteiger partial charge in [0.2, 0.25) is 0 Å². The molecule has 0 amide bonds. The Hall–Kier alpha value is -3.37. The van der Waals surface area contributed by atoms with E-state index in [0.29, 0.717) is 47.7 Å². The second kappa shape index (κ2) is 13.1. The van der Waals surface area contributed by atoms with Gasteiger partial charge in [-0.25, -0.2) is 9.79 Å². The molecule has 2 heterocycles. The molecular weight excluding hydrogens is 675 g/mol. The second-order valence-corrected chi connectivity index (χ2v) is 12.8.